The van der Waals surface area contributed by atoms with E-state index >= 15 is 0 Å². The van der Waals surface area contributed by atoms with Gasteiger partial charge in [0.05, 0.1) is 16.0 Å². The number of nitrogens with zero attached hydrogens (tertiary/aromatic N) is 3. The van der Waals surface area contributed by atoms with Gasteiger partial charge in [-0.2, -0.15) is 9.41 Å². The molecule has 1 aliphatic heterocycles. The van der Waals surface area contributed by atoms with Gasteiger partial charge in [0.25, 0.3) is 5.69 Å². The molecular weight excluding hydrogens is 420 g/mol. The molecule has 3 aromatic carbocycles. The quantitative estimate of drug-likeness (QED) is 0.342. The molecule has 3 aromatic rings. The van der Waals surface area contributed by atoms with Crippen molar-refractivity contribution in [2.75, 3.05) is 18.5 Å². The van der Waals surface area contributed by atoms with Crippen LogP contribution in [0.1, 0.15) is 18.4 Å². The van der Waals surface area contributed by atoms with Crippen LogP contribution in [-0.2, 0) is 10.0 Å². The lowest BCUT2D eigenvalue weighted by Crippen LogP contribution is -2.27. The number of phenolic OH excluding ortho intramolecular Hbond substituents is 1. The Labute approximate surface area is 178 Å². The highest BCUT2D eigenvalue weighted by Gasteiger charge is 2.29. The van der Waals surface area contributed by atoms with E-state index < -0.39 is 20.6 Å². The molecule has 1 aliphatic rings. The lowest BCUT2D eigenvalue weighted by molar-refractivity contribution is -0.384. The van der Waals surface area contributed by atoms with Crippen molar-refractivity contribution in [2.24, 2.45) is 5.10 Å². The number of hydrazone groups is 1. The standard InChI is InChI=1S/C21H20N4O5S/c26-21-10-7-15-5-1-2-6-17(15)18(21)14-22-23-19-9-8-16(13-20(19)25(27)28)31(29,30)24-11-3-4-12-24/h1-2,5-10,13-14,23,26H,3-4,11-12H2/b22-14+. The number of nitrogens with one attached hydrogen (secondary N) is 1. The van der Waals surface area contributed by atoms with Gasteiger partial charge in [0, 0.05) is 24.7 Å². The Morgan fingerprint density at radius 1 is 1.10 bits per heavy atom. The monoisotopic (exact) mass is 440 g/mol. The predicted molar refractivity (Wildman–Crippen MR) is 118 cm³/mol. The van der Waals surface area contributed by atoms with E-state index in [0.29, 0.717) is 18.7 Å². The van der Waals surface area contributed by atoms with E-state index in [-0.39, 0.29) is 16.3 Å². The minimum Gasteiger partial charge on any atom is -0.507 e. The molecule has 31 heavy (non-hydrogen) atoms. The third-order valence-corrected chi connectivity index (χ3v) is 7.09. The van der Waals surface area contributed by atoms with Crippen molar-refractivity contribution >= 4 is 38.4 Å². The second-order valence-corrected chi connectivity index (χ2v) is 9.07. The summed E-state index contributed by atoms with van der Waals surface area (Å²) in [5.74, 6) is 0.0193. The molecule has 0 aliphatic carbocycles. The topological polar surface area (TPSA) is 125 Å². The van der Waals surface area contributed by atoms with Crippen LogP contribution in [0.5, 0.6) is 5.75 Å². The first-order chi connectivity index (χ1) is 14.9. The zero-order chi connectivity index (χ0) is 22.0. The van der Waals surface area contributed by atoms with Crippen molar-refractivity contribution in [3.8, 4) is 5.75 Å². The molecular formula is C21H20N4O5S. The third kappa shape index (κ3) is 4.07. The number of sulfonamides is 1. The third-order valence-electron chi connectivity index (χ3n) is 5.20. The summed E-state index contributed by atoms with van der Waals surface area (Å²) < 4.78 is 26.7. The zero-order valence-corrected chi connectivity index (χ0v) is 17.2. The van der Waals surface area contributed by atoms with E-state index in [2.05, 4.69) is 10.5 Å². The lowest BCUT2D eigenvalue weighted by atomic mass is 10.0. The SMILES string of the molecule is O=[N+]([O-])c1cc(S(=O)(=O)N2CCCC2)ccc1N/N=C/c1c(O)ccc2ccccc12. The van der Waals surface area contributed by atoms with Crippen LogP contribution in [0.2, 0.25) is 0 Å². The molecule has 0 bridgehead atoms. The molecule has 9 nitrogen and oxygen atoms in total. The van der Waals surface area contributed by atoms with Gasteiger partial charge in [0.2, 0.25) is 10.0 Å². The van der Waals surface area contributed by atoms with Crippen LogP contribution in [0.15, 0.2) is 64.6 Å². The fraction of sp³-hybridized carbons (Fsp3) is 0.190. The Hall–Kier alpha value is -3.50. The summed E-state index contributed by atoms with van der Waals surface area (Å²) in [5, 5.41) is 27.4. The molecule has 0 atom stereocenters. The normalized spacial score (nSPS) is 15.0. The minimum atomic E-state index is -3.78. The predicted octanol–water partition coefficient (Wildman–Crippen LogP) is 3.68. The van der Waals surface area contributed by atoms with Crippen LogP contribution in [0, 0.1) is 10.1 Å². The van der Waals surface area contributed by atoms with Crippen LogP contribution in [0.4, 0.5) is 11.4 Å². The summed E-state index contributed by atoms with van der Waals surface area (Å²) in [4.78, 5) is 10.8. The maximum atomic E-state index is 12.7. The summed E-state index contributed by atoms with van der Waals surface area (Å²) in [6.45, 7) is 0.823. The van der Waals surface area contributed by atoms with Crippen molar-refractivity contribution in [1.82, 2.24) is 4.31 Å². The molecule has 0 spiro atoms. The molecule has 4 rings (SSSR count). The Morgan fingerprint density at radius 3 is 2.58 bits per heavy atom. The first-order valence-corrected chi connectivity index (χ1v) is 11.1. The van der Waals surface area contributed by atoms with Crippen LogP contribution < -0.4 is 5.43 Å². The van der Waals surface area contributed by atoms with Gasteiger partial charge in [-0.1, -0.05) is 30.3 Å². The number of benzene rings is 3. The van der Waals surface area contributed by atoms with Crippen molar-refractivity contribution in [3.05, 3.63) is 70.3 Å². The Balaban J connectivity index is 1.64. The summed E-state index contributed by atoms with van der Waals surface area (Å²) in [6.07, 6.45) is 2.92. The summed E-state index contributed by atoms with van der Waals surface area (Å²) in [5.41, 5.74) is 2.69. The van der Waals surface area contributed by atoms with Gasteiger partial charge in [-0.3, -0.25) is 15.5 Å². The smallest absolute Gasteiger partial charge is 0.295 e. The Morgan fingerprint density at radius 2 is 1.84 bits per heavy atom. The van der Waals surface area contributed by atoms with Crippen LogP contribution in [0.3, 0.4) is 0 Å². The fourth-order valence-electron chi connectivity index (χ4n) is 3.58. The zero-order valence-electron chi connectivity index (χ0n) is 16.4. The highest BCUT2D eigenvalue weighted by molar-refractivity contribution is 7.89. The number of fused-ring (bicyclic) bond motifs is 1. The molecule has 2 N–H and O–H groups in total. The average molecular weight is 440 g/mol. The largest absolute Gasteiger partial charge is 0.507 e. The second-order valence-electron chi connectivity index (χ2n) is 7.14. The lowest BCUT2D eigenvalue weighted by Gasteiger charge is -2.15. The molecule has 0 unspecified atom stereocenters. The number of nitro benzene ring substituents is 1. The second kappa shape index (κ2) is 8.32. The Bertz CT molecular complexity index is 1280. The highest BCUT2D eigenvalue weighted by atomic mass is 32.2. The van der Waals surface area contributed by atoms with E-state index in [1.165, 1.54) is 22.7 Å². The van der Waals surface area contributed by atoms with Crippen LogP contribution >= 0.6 is 0 Å². The maximum absolute atomic E-state index is 12.7. The van der Waals surface area contributed by atoms with Crippen molar-refractivity contribution < 1.29 is 18.4 Å². The molecule has 0 amide bonds. The van der Waals surface area contributed by atoms with Gasteiger partial charge >= 0.3 is 0 Å². The highest BCUT2D eigenvalue weighted by Crippen LogP contribution is 2.30. The molecule has 0 saturated carbocycles. The molecule has 1 saturated heterocycles. The molecule has 0 radical (unpaired) electrons. The molecule has 0 aromatic heterocycles. The van der Waals surface area contributed by atoms with Crippen molar-refractivity contribution in [3.63, 3.8) is 0 Å². The number of hydrogen-bond acceptors (Lipinski definition) is 7. The van der Waals surface area contributed by atoms with Gasteiger partial charge < -0.3 is 5.11 Å². The van der Waals surface area contributed by atoms with Gasteiger partial charge in [-0.25, -0.2) is 8.42 Å². The number of hydrogen-bond donors (Lipinski definition) is 2. The Kier molecular flexibility index (Phi) is 5.57. The van der Waals surface area contributed by atoms with E-state index in [1.807, 2.05) is 24.3 Å². The fourth-order valence-corrected chi connectivity index (χ4v) is 5.12. The molecule has 1 heterocycles. The van der Waals surface area contributed by atoms with Crippen molar-refractivity contribution in [1.29, 1.82) is 0 Å². The van der Waals surface area contributed by atoms with Gasteiger partial charge in [-0.15, -0.1) is 0 Å². The molecule has 10 heteroatoms. The van der Waals surface area contributed by atoms with E-state index in [0.717, 1.165) is 29.7 Å². The van der Waals surface area contributed by atoms with Gasteiger partial charge in [0.1, 0.15) is 11.4 Å². The van der Waals surface area contributed by atoms with E-state index in [9.17, 15) is 23.6 Å². The number of aromatic hydroxyl groups is 1. The van der Waals surface area contributed by atoms with E-state index in [4.69, 9.17) is 0 Å². The number of phenols is 1. The average Bonchev–Trinajstić information content (AvgIpc) is 3.31. The van der Waals surface area contributed by atoms with Gasteiger partial charge in [-0.05, 0) is 41.8 Å². The summed E-state index contributed by atoms with van der Waals surface area (Å²) >= 11 is 0. The first kappa shape index (κ1) is 20.8. The van der Waals surface area contributed by atoms with Crippen LogP contribution in [0.25, 0.3) is 10.8 Å². The van der Waals surface area contributed by atoms with Crippen LogP contribution in [-0.4, -0.2) is 42.1 Å². The minimum absolute atomic E-state index is 0.0193. The first-order valence-electron chi connectivity index (χ1n) is 9.66. The molecule has 160 valence electrons. The summed E-state index contributed by atoms with van der Waals surface area (Å²) in [7, 11) is -3.78. The molecule has 1 fully saturated rings. The maximum Gasteiger partial charge on any atom is 0.295 e. The number of nitro groups is 1. The summed E-state index contributed by atoms with van der Waals surface area (Å²) in [6, 6.07) is 14.4. The van der Waals surface area contributed by atoms with E-state index in [1.54, 1.807) is 12.1 Å². The number of rotatable bonds is 6. The van der Waals surface area contributed by atoms with Gasteiger partial charge in [0.15, 0.2) is 0 Å². The number of anilines is 1. The van der Waals surface area contributed by atoms with Crippen molar-refractivity contribution in [2.45, 2.75) is 17.7 Å².